The molecule has 2 aromatic heterocycles. The van der Waals surface area contributed by atoms with Crippen molar-refractivity contribution in [3.63, 3.8) is 0 Å². The van der Waals surface area contributed by atoms with Crippen molar-refractivity contribution in [1.82, 2.24) is 29.7 Å². The summed E-state index contributed by atoms with van der Waals surface area (Å²) < 4.78 is 2.25. The molecule has 0 bridgehead atoms. The first kappa shape index (κ1) is 13.7. The molecule has 21 heavy (non-hydrogen) atoms. The average Bonchev–Trinajstić information content (AvgIpc) is 2.95. The molecule has 1 aromatic carbocycles. The molecule has 2 heterocycles. The molecule has 8 nitrogen and oxygen atoms in total. The third kappa shape index (κ3) is 3.09. The molecular weight excluding hydrogens is 360 g/mol. The predicted molar refractivity (Wildman–Crippen MR) is 81.6 cm³/mol. The van der Waals surface area contributed by atoms with E-state index in [9.17, 15) is 0 Å². The van der Waals surface area contributed by atoms with Crippen LogP contribution in [0.15, 0.2) is 35.3 Å². The summed E-state index contributed by atoms with van der Waals surface area (Å²) >= 11 is 9.48. The highest BCUT2D eigenvalue weighted by atomic mass is 79.9. The van der Waals surface area contributed by atoms with Gasteiger partial charge in [-0.1, -0.05) is 27.5 Å². The lowest BCUT2D eigenvalue weighted by Crippen LogP contribution is -2.09. The minimum absolute atomic E-state index is 0.0613. The molecule has 0 saturated heterocycles. The van der Waals surface area contributed by atoms with Gasteiger partial charge in [0.15, 0.2) is 0 Å². The van der Waals surface area contributed by atoms with Gasteiger partial charge in [0, 0.05) is 4.47 Å². The Bertz CT molecular complexity index is 776. The van der Waals surface area contributed by atoms with Crippen molar-refractivity contribution < 1.29 is 0 Å². The topological polar surface area (TPSA) is 107 Å². The van der Waals surface area contributed by atoms with Crippen molar-refractivity contribution in [2.45, 2.75) is 0 Å². The van der Waals surface area contributed by atoms with Crippen LogP contribution in [0.3, 0.4) is 0 Å². The highest BCUT2D eigenvalue weighted by Crippen LogP contribution is 2.27. The Morgan fingerprint density at radius 1 is 1.24 bits per heavy atom. The van der Waals surface area contributed by atoms with Gasteiger partial charge in [0.1, 0.15) is 12.7 Å². The zero-order chi connectivity index (χ0) is 14.8. The molecule has 0 saturated carbocycles. The van der Waals surface area contributed by atoms with Crippen molar-refractivity contribution in [1.29, 1.82) is 0 Å². The second kappa shape index (κ2) is 5.62. The lowest BCUT2D eigenvalue weighted by Gasteiger charge is -2.08. The van der Waals surface area contributed by atoms with E-state index in [0.29, 0.717) is 10.7 Å². The van der Waals surface area contributed by atoms with Gasteiger partial charge in [0.25, 0.3) is 5.95 Å². The smallest absolute Gasteiger partial charge is 0.258 e. The molecule has 0 aliphatic carbocycles. The number of anilines is 3. The number of nitrogens with one attached hydrogen (secondary N) is 1. The Kier molecular flexibility index (Phi) is 3.67. The summed E-state index contributed by atoms with van der Waals surface area (Å²) in [4.78, 5) is 16.0. The van der Waals surface area contributed by atoms with Crippen molar-refractivity contribution >= 4 is 45.1 Å². The van der Waals surface area contributed by atoms with E-state index in [1.54, 1.807) is 12.1 Å². The van der Waals surface area contributed by atoms with E-state index in [0.717, 1.165) is 4.47 Å². The molecule has 0 atom stereocenters. The van der Waals surface area contributed by atoms with Crippen LogP contribution in [-0.2, 0) is 0 Å². The number of hydrogen-bond acceptors (Lipinski definition) is 7. The fraction of sp³-hybridized carbons (Fsp3) is 0. The van der Waals surface area contributed by atoms with E-state index in [1.807, 2.05) is 6.07 Å². The fourth-order valence-corrected chi connectivity index (χ4v) is 2.28. The van der Waals surface area contributed by atoms with Gasteiger partial charge in [0.2, 0.25) is 11.9 Å². The highest BCUT2D eigenvalue weighted by molar-refractivity contribution is 9.10. The molecule has 0 aliphatic rings. The van der Waals surface area contributed by atoms with Gasteiger partial charge < -0.3 is 11.1 Å². The summed E-state index contributed by atoms with van der Waals surface area (Å²) in [5, 5.41) is 7.45. The first-order chi connectivity index (χ1) is 10.1. The summed E-state index contributed by atoms with van der Waals surface area (Å²) in [6.07, 6.45) is 2.84. The lowest BCUT2D eigenvalue weighted by molar-refractivity contribution is 0.800. The van der Waals surface area contributed by atoms with Crippen molar-refractivity contribution in [3.05, 3.63) is 40.3 Å². The van der Waals surface area contributed by atoms with Gasteiger partial charge in [0.05, 0.1) is 10.7 Å². The maximum absolute atomic E-state index is 6.14. The van der Waals surface area contributed by atoms with E-state index < -0.39 is 0 Å². The van der Waals surface area contributed by atoms with Crippen LogP contribution in [0.1, 0.15) is 0 Å². The average molecular weight is 368 g/mol. The Balaban J connectivity index is 1.95. The van der Waals surface area contributed by atoms with Crippen LogP contribution in [0, 0.1) is 0 Å². The first-order valence-corrected chi connectivity index (χ1v) is 6.87. The van der Waals surface area contributed by atoms with Crippen molar-refractivity contribution in [2.75, 3.05) is 11.1 Å². The summed E-state index contributed by atoms with van der Waals surface area (Å²) in [6.45, 7) is 0. The molecular formula is C11H8BrClN8. The standard InChI is InChI=1S/C11H8BrClN8/c12-6-1-2-8(7(13)3-6)17-10-18-9(14)19-11(20-10)21-5-15-4-16-21/h1-5H,(H3,14,17,18,19,20). The van der Waals surface area contributed by atoms with Crippen LogP contribution in [0.2, 0.25) is 5.02 Å². The maximum Gasteiger partial charge on any atom is 0.258 e. The second-order valence-corrected chi connectivity index (χ2v) is 5.23. The quantitative estimate of drug-likeness (QED) is 0.730. The normalized spacial score (nSPS) is 10.6. The van der Waals surface area contributed by atoms with Crippen LogP contribution in [0.25, 0.3) is 5.95 Å². The maximum atomic E-state index is 6.14. The molecule has 0 unspecified atom stereocenters. The zero-order valence-electron chi connectivity index (χ0n) is 10.4. The lowest BCUT2D eigenvalue weighted by atomic mass is 10.3. The van der Waals surface area contributed by atoms with Gasteiger partial charge in [-0.3, -0.25) is 0 Å². The summed E-state index contributed by atoms with van der Waals surface area (Å²) in [7, 11) is 0. The first-order valence-electron chi connectivity index (χ1n) is 5.70. The monoisotopic (exact) mass is 366 g/mol. The van der Waals surface area contributed by atoms with E-state index in [-0.39, 0.29) is 17.8 Å². The third-order valence-electron chi connectivity index (χ3n) is 2.44. The van der Waals surface area contributed by atoms with Gasteiger partial charge in [-0.25, -0.2) is 4.98 Å². The van der Waals surface area contributed by atoms with Crippen LogP contribution < -0.4 is 11.1 Å². The van der Waals surface area contributed by atoms with Crippen molar-refractivity contribution in [2.24, 2.45) is 0 Å². The Morgan fingerprint density at radius 3 is 2.81 bits per heavy atom. The van der Waals surface area contributed by atoms with E-state index in [1.165, 1.54) is 17.3 Å². The highest BCUT2D eigenvalue weighted by Gasteiger charge is 2.09. The number of nitrogens with zero attached hydrogens (tertiary/aromatic N) is 6. The number of nitrogens with two attached hydrogens (primary N) is 1. The Morgan fingerprint density at radius 2 is 2.10 bits per heavy atom. The minimum Gasteiger partial charge on any atom is -0.368 e. The second-order valence-electron chi connectivity index (χ2n) is 3.91. The Hall–Kier alpha value is -2.26. The van der Waals surface area contributed by atoms with Crippen molar-refractivity contribution in [3.8, 4) is 5.95 Å². The predicted octanol–water partition coefficient (Wildman–Crippen LogP) is 2.19. The van der Waals surface area contributed by atoms with E-state index in [2.05, 4.69) is 46.3 Å². The van der Waals surface area contributed by atoms with Gasteiger partial charge in [-0.2, -0.15) is 24.7 Å². The molecule has 0 fully saturated rings. The molecule has 0 aliphatic heterocycles. The number of halogens is 2. The Labute approximate surface area is 132 Å². The van der Waals surface area contributed by atoms with E-state index >= 15 is 0 Å². The van der Waals surface area contributed by atoms with Crippen LogP contribution >= 0.6 is 27.5 Å². The van der Waals surface area contributed by atoms with Crippen LogP contribution in [0.4, 0.5) is 17.6 Å². The summed E-state index contributed by atoms with van der Waals surface area (Å²) in [5.74, 6) is 0.583. The molecule has 106 valence electrons. The molecule has 10 heteroatoms. The van der Waals surface area contributed by atoms with E-state index in [4.69, 9.17) is 17.3 Å². The molecule has 0 amide bonds. The number of rotatable bonds is 3. The number of nitrogen functional groups attached to an aromatic ring is 1. The molecule has 3 rings (SSSR count). The third-order valence-corrected chi connectivity index (χ3v) is 3.25. The van der Waals surface area contributed by atoms with Gasteiger partial charge in [-0.15, -0.1) is 0 Å². The zero-order valence-corrected chi connectivity index (χ0v) is 12.7. The summed E-state index contributed by atoms with van der Waals surface area (Å²) in [5.41, 5.74) is 6.33. The minimum atomic E-state index is 0.0613. The van der Waals surface area contributed by atoms with Gasteiger partial charge in [-0.05, 0) is 18.2 Å². The number of hydrogen-bond donors (Lipinski definition) is 2. The van der Waals surface area contributed by atoms with Gasteiger partial charge >= 0.3 is 0 Å². The molecule has 3 N–H and O–H groups in total. The summed E-state index contributed by atoms with van der Waals surface area (Å²) in [6, 6.07) is 5.39. The molecule has 3 aromatic rings. The van der Waals surface area contributed by atoms with Crippen LogP contribution in [-0.4, -0.2) is 29.7 Å². The SMILES string of the molecule is Nc1nc(Nc2ccc(Br)cc2Cl)nc(-n2cncn2)n1. The number of benzene rings is 1. The number of aromatic nitrogens is 6. The van der Waals surface area contributed by atoms with Crippen LogP contribution in [0.5, 0.6) is 0 Å². The molecule has 0 spiro atoms. The molecule has 0 radical (unpaired) electrons. The largest absolute Gasteiger partial charge is 0.368 e. The fourth-order valence-electron chi connectivity index (χ4n) is 1.56.